The van der Waals surface area contributed by atoms with Crippen LogP contribution in [0.15, 0.2) is 30.6 Å². The molecule has 0 bridgehead atoms. The van der Waals surface area contributed by atoms with Crippen molar-refractivity contribution in [3.05, 3.63) is 47.8 Å². The second kappa shape index (κ2) is 7.61. The number of rotatable bonds is 4. The molecule has 2 heterocycles. The van der Waals surface area contributed by atoms with Gasteiger partial charge in [0.2, 0.25) is 11.7 Å². The maximum absolute atomic E-state index is 13.2. The normalized spacial score (nSPS) is 16.0. The molecule has 1 N–H and O–H groups in total. The molecular formula is C17H21FN6O2. The SMILES string of the molecule is CN(C)[C@@H](C(=O)N1CCN(C(=O)c2ncn[nH]2)CC1)c1ccc(F)cc1. The number of amides is 2. The van der Waals surface area contributed by atoms with Crippen LogP contribution < -0.4 is 0 Å². The van der Waals surface area contributed by atoms with Crippen LogP contribution in [0.4, 0.5) is 4.39 Å². The lowest BCUT2D eigenvalue weighted by atomic mass is 10.0. The molecular weight excluding hydrogens is 339 g/mol. The monoisotopic (exact) mass is 360 g/mol. The Morgan fingerprint density at radius 2 is 1.73 bits per heavy atom. The van der Waals surface area contributed by atoms with Crippen LogP contribution in [0.3, 0.4) is 0 Å². The molecule has 1 fully saturated rings. The molecule has 2 amide bonds. The number of H-pyrrole nitrogens is 1. The molecule has 2 aromatic rings. The molecule has 1 aliphatic heterocycles. The lowest BCUT2D eigenvalue weighted by Crippen LogP contribution is -2.53. The minimum atomic E-state index is -0.493. The van der Waals surface area contributed by atoms with Crippen molar-refractivity contribution in [2.75, 3.05) is 40.3 Å². The predicted molar refractivity (Wildman–Crippen MR) is 91.7 cm³/mol. The molecule has 0 radical (unpaired) electrons. The second-order valence-electron chi connectivity index (χ2n) is 6.37. The third-order valence-electron chi connectivity index (χ3n) is 4.43. The number of benzene rings is 1. The fourth-order valence-electron chi connectivity index (χ4n) is 3.07. The van der Waals surface area contributed by atoms with Crippen LogP contribution in [0.5, 0.6) is 0 Å². The van der Waals surface area contributed by atoms with E-state index in [9.17, 15) is 14.0 Å². The highest BCUT2D eigenvalue weighted by molar-refractivity contribution is 5.90. The van der Waals surface area contributed by atoms with Gasteiger partial charge in [-0.25, -0.2) is 9.37 Å². The van der Waals surface area contributed by atoms with E-state index in [0.29, 0.717) is 26.2 Å². The van der Waals surface area contributed by atoms with Crippen molar-refractivity contribution in [3.8, 4) is 0 Å². The van der Waals surface area contributed by atoms with Crippen molar-refractivity contribution >= 4 is 11.8 Å². The summed E-state index contributed by atoms with van der Waals surface area (Å²) in [6.07, 6.45) is 1.29. The Balaban J connectivity index is 1.66. The van der Waals surface area contributed by atoms with Crippen molar-refractivity contribution in [1.29, 1.82) is 0 Å². The van der Waals surface area contributed by atoms with E-state index in [-0.39, 0.29) is 23.5 Å². The zero-order valence-electron chi connectivity index (χ0n) is 14.7. The molecule has 0 aliphatic carbocycles. The third kappa shape index (κ3) is 3.72. The molecule has 0 unspecified atom stereocenters. The molecule has 9 heteroatoms. The van der Waals surface area contributed by atoms with Crippen LogP contribution in [0.1, 0.15) is 22.2 Å². The highest BCUT2D eigenvalue weighted by atomic mass is 19.1. The lowest BCUT2D eigenvalue weighted by Gasteiger charge is -2.37. The molecule has 138 valence electrons. The number of nitrogens with one attached hydrogen (secondary N) is 1. The minimum absolute atomic E-state index is 0.0617. The quantitative estimate of drug-likeness (QED) is 0.860. The number of hydrogen-bond acceptors (Lipinski definition) is 5. The van der Waals surface area contributed by atoms with Gasteiger partial charge in [0.15, 0.2) is 0 Å². The smallest absolute Gasteiger partial charge is 0.291 e. The number of carbonyl (C=O) groups excluding carboxylic acids is 2. The van der Waals surface area contributed by atoms with Crippen LogP contribution in [0.2, 0.25) is 0 Å². The molecule has 1 atom stereocenters. The maximum Gasteiger partial charge on any atom is 0.291 e. The average Bonchev–Trinajstić information content (AvgIpc) is 3.17. The molecule has 0 saturated carbocycles. The van der Waals surface area contributed by atoms with E-state index in [1.807, 2.05) is 19.0 Å². The third-order valence-corrected chi connectivity index (χ3v) is 4.43. The molecule has 1 aliphatic rings. The molecule has 0 spiro atoms. The van der Waals surface area contributed by atoms with Gasteiger partial charge in [-0.2, -0.15) is 5.10 Å². The number of likely N-dealkylation sites (N-methyl/N-ethyl adjacent to an activating group) is 1. The Morgan fingerprint density at radius 3 is 2.27 bits per heavy atom. The topological polar surface area (TPSA) is 85.4 Å². The summed E-state index contributed by atoms with van der Waals surface area (Å²) >= 11 is 0. The molecule has 3 rings (SSSR count). The molecule has 26 heavy (non-hydrogen) atoms. The Labute approximate surface area is 150 Å². The van der Waals surface area contributed by atoms with Gasteiger partial charge in [-0.3, -0.25) is 19.6 Å². The minimum Gasteiger partial charge on any atom is -0.337 e. The van der Waals surface area contributed by atoms with Crippen molar-refractivity contribution in [1.82, 2.24) is 29.9 Å². The lowest BCUT2D eigenvalue weighted by molar-refractivity contribution is -0.137. The molecule has 1 aromatic carbocycles. The summed E-state index contributed by atoms with van der Waals surface area (Å²) in [5.74, 6) is -0.425. The summed E-state index contributed by atoms with van der Waals surface area (Å²) in [6, 6.07) is 5.47. The van der Waals surface area contributed by atoms with E-state index in [1.165, 1.54) is 18.5 Å². The summed E-state index contributed by atoms with van der Waals surface area (Å²) in [4.78, 5) is 34.3. The van der Waals surface area contributed by atoms with Gasteiger partial charge in [-0.1, -0.05) is 12.1 Å². The number of piperazine rings is 1. The first-order valence-corrected chi connectivity index (χ1v) is 8.32. The van der Waals surface area contributed by atoms with Gasteiger partial charge >= 0.3 is 0 Å². The molecule has 1 saturated heterocycles. The van der Waals surface area contributed by atoms with Crippen molar-refractivity contribution in [3.63, 3.8) is 0 Å². The largest absolute Gasteiger partial charge is 0.337 e. The zero-order chi connectivity index (χ0) is 18.7. The van der Waals surface area contributed by atoms with E-state index in [0.717, 1.165) is 5.56 Å². The van der Waals surface area contributed by atoms with Crippen LogP contribution in [-0.4, -0.2) is 82.0 Å². The van der Waals surface area contributed by atoms with Crippen LogP contribution in [-0.2, 0) is 4.79 Å². The maximum atomic E-state index is 13.2. The van der Waals surface area contributed by atoms with Gasteiger partial charge in [0.25, 0.3) is 5.91 Å². The van der Waals surface area contributed by atoms with E-state index in [1.54, 1.807) is 21.9 Å². The number of halogens is 1. The predicted octanol–water partition coefficient (Wildman–Crippen LogP) is 0.531. The van der Waals surface area contributed by atoms with Gasteiger partial charge in [0.1, 0.15) is 18.2 Å². The Bertz CT molecular complexity index is 754. The highest BCUT2D eigenvalue weighted by Crippen LogP contribution is 2.22. The van der Waals surface area contributed by atoms with Crippen molar-refractivity contribution in [2.24, 2.45) is 0 Å². The number of aromatic nitrogens is 3. The van der Waals surface area contributed by atoms with Gasteiger partial charge in [-0.05, 0) is 31.8 Å². The number of hydrogen-bond donors (Lipinski definition) is 1. The van der Waals surface area contributed by atoms with Crippen molar-refractivity contribution in [2.45, 2.75) is 6.04 Å². The Hall–Kier alpha value is -2.81. The van der Waals surface area contributed by atoms with E-state index in [4.69, 9.17) is 0 Å². The van der Waals surface area contributed by atoms with Crippen molar-refractivity contribution < 1.29 is 14.0 Å². The van der Waals surface area contributed by atoms with Gasteiger partial charge in [-0.15, -0.1) is 0 Å². The highest BCUT2D eigenvalue weighted by Gasteiger charge is 2.31. The molecule has 1 aromatic heterocycles. The number of aromatic amines is 1. The van der Waals surface area contributed by atoms with Crippen LogP contribution in [0, 0.1) is 5.82 Å². The average molecular weight is 360 g/mol. The van der Waals surface area contributed by atoms with Gasteiger partial charge in [0.05, 0.1) is 0 Å². The number of carbonyl (C=O) groups is 2. The summed E-state index contributed by atoms with van der Waals surface area (Å²) in [6.45, 7) is 1.72. The second-order valence-corrected chi connectivity index (χ2v) is 6.37. The van der Waals surface area contributed by atoms with Gasteiger partial charge < -0.3 is 9.80 Å². The first kappa shape index (κ1) is 18.0. The number of nitrogens with zero attached hydrogens (tertiary/aromatic N) is 5. The fraction of sp³-hybridized carbons (Fsp3) is 0.412. The Morgan fingerprint density at radius 1 is 1.12 bits per heavy atom. The van der Waals surface area contributed by atoms with Crippen LogP contribution >= 0.6 is 0 Å². The summed E-state index contributed by atoms with van der Waals surface area (Å²) < 4.78 is 13.2. The van der Waals surface area contributed by atoms with E-state index >= 15 is 0 Å². The first-order chi connectivity index (χ1) is 12.5. The van der Waals surface area contributed by atoms with E-state index in [2.05, 4.69) is 15.2 Å². The standard InChI is InChI=1S/C17H21FN6O2/c1-22(2)14(12-3-5-13(18)6-4-12)16(25)23-7-9-24(10-8-23)17(26)15-19-11-20-21-15/h3-6,11,14H,7-10H2,1-2H3,(H,19,20,21)/t14-/m1/s1. The van der Waals surface area contributed by atoms with E-state index < -0.39 is 6.04 Å². The zero-order valence-corrected chi connectivity index (χ0v) is 14.7. The Kier molecular flexibility index (Phi) is 5.27. The summed E-state index contributed by atoms with van der Waals surface area (Å²) in [7, 11) is 3.63. The fourth-order valence-corrected chi connectivity index (χ4v) is 3.07. The first-order valence-electron chi connectivity index (χ1n) is 8.32. The van der Waals surface area contributed by atoms with Crippen LogP contribution in [0.25, 0.3) is 0 Å². The molecule has 8 nitrogen and oxygen atoms in total. The summed E-state index contributed by atoms with van der Waals surface area (Å²) in [5.41, 5.74) is 0.738. The summed E-state index contributed by atoms with van der Waals surface area (Å²) in [5, 5.41) is 6.24. The van der Waals surface area contributed by atoms with Gasteiger partial charge in [0, 0.05) is 26.2 Å².